The third-order valence-corrected chi connectivity index (χ3v) is 7.46. The van der Waals surface area contributed by atoms with Crippen molar-refractivity contribution in [3.8, 4) is 0 Å². The van der Waals surface area contributed by atoms with E-state index in [0.29, 0.717) is 23.3 Å². The first-order valence-electron chi connectivity index (χ1n) is 13.4. The van der Waals surface area contributed by atoms with Crippen LogP contribution in [0.5, 0.6) is 0 Å². The second-order valence-electron chi connectivity index (χ2n) is 10.8. The van der Waals surface area contributed by atoms with Crippen LogP contribution in [-0.2, 0) is 23.9 Å². The topological polar surface area (TPSA) is 115 Å². The third-order valence-electron chi connectivity index (χ3n) is 7.46. The smallest absolute Gasteiger partial charge is 0.414 e. The molecule has 1 unspecified atom stereocenters. The number of alkyl carbamates (subject to hydrolysis) is 1. The van der Waals surface area contributed by atoms with Crippen LogP contribution in [0.4, 0.5) is 4.79 Å². The van der Waals surface area contributed by atoms with Crippen LogP contribution in [0.2, 0.25) is 0 Å². The number of hydrogen-bond donors (Lipinski definition) is 1. The van der Waals surface area contributed by atoms with Crippen molar-refractivity contribution in [1.82, 2.24) is 15.2 Å². The van der Waals surface area contributed by atoms with E-state index in [0.717, 1.165) is 11.1 Å². The van der Waals surface area contributed by atoms with Gasteiger partial charge in [0.15, 0.2) is 6.10 Å². The van der Waals surface area contributed by atoms with Gasteiger partial charge in [0.25, 0.3) is 5.91 Å². The fraction of sp³-hybridized carbons (Fsp3) is 0.281. The van der Waals surface area contributed by atoms with Gasteiger partial charge >= 0.3 is 12.1 Å². The summed E-state index contributed by atoms with van der Waals surface area (Å²) in [6.45, 7) is 4.83. The van der Waals surface area contributed by atoms with Crippen LogP contribution in [0.3, 0.4) is 0 Å². The Bertz CT molecular complexity index is 1450. The highest BCUT2D eigenvalue weighted by molar-refractivity contribution is 6.11. The summed E-state index contributed by atoms with van der Waals surface area (Å²) in [5.41, 5.74) is 2.40. The van der Waals surface area contributed by atoms with Gasteiger partial charge in [-0.2, -0.15) is 0 Å². The highest BCUT2D eigenvalue weighted by atomic mass is 16.6. The lowest BCUT2D eigenvalue weighted by molar-refractivity contribution is -0.162. The van der Waals surface area contributed by atoms with Gasteiger partial charge < -0.3 is 14.4 Å². The molecule has 3 heterocycles. The van der Waals surface area contributed by atoms with Crippen LogP contribution >= 0.6 is 0 Å². The van der Waals surface area contributed by atoms with E-state index < -0.39 is 41.6 Å². The van der Waals surface area contributed by atoms with Gasteiger partial charge in [0, 0.05) is 24.3 Å². The van der Waals surface area contributed by atoms with Gasteiger partial charge in [-0.05, 0) is 35.1 Å². The van der Waals surface area contributed by atoms with Crippen molar-refractivity contribution in [1.29, 1.82) is 0 Å². The third kappa shape index (κ3) is 5.61. The lowest BCUT2D eigenvalue weighted by Gasteiger charge is -2.42. The average molecular weight is 554 g/mol. The summed E-state index contributed by atoms with van der Waals surface area (Å²) in [4.78, 5) is 56.8. The Kier molecular flexibility index (Phi) is 7.70. The first-order valence-corrected chi connectivity index (χ1v) is 13.4. The standard InChI is InChI=1S/C32H31N3O6/c1-20(36)34-31(39)40-19-23(24-16-10-11-17-33-24)26-25-18-32(2,3)28(35(25)29(26)37)30(38)41-27(21-12-6-4-7-13-21)22-14-8-5-9-15-22/h4-17,25,27-28H,18-19H2,1-3H3,(H,34,36,39)/b26-23+/t25?,28-/m0/s1. The molecular formula is C32H31N3O6. The van der Waals surface area contributed by atoms with Crippen molar-refractivity contribution in [2.24, 2.45) is 5.41 Å². The van der Waals surface area contributed by atoms with Crippen molar-refractivity contribution in [2.45, 2.75) is 45.4 Å². The highest BCUT2D eigenvalue weighted by Crippen LogP contribution is 2.51. The number of carbonyl (C=O) groups is 4. The number of imide groups is 1. The van der Waals surface area contributed by atoms with E-state index in [1.54, 1.807) is 29.3 Å². The minimum absolute atomic E-state index is 0.263. The average Bonchev–Trinajstić information content (AvgIpc) is 3.21. The highest BCUT2D eigenvalue weighted by Gasteiger charge is 2.62. The van der Waals surface area contributed by atoms with Gasteiger partial charge in [0.2, 0.25) is 5.91 Å². The molecule has 9 heteroatoms. The molecule has 3 aromatic rings. The van der Waals surface area contributed by atoms with Crippen LogP contribution in [0, 0.1) is 5.41 Å². The molecule has 0 radical (unpaired) electrons. The Labute approximate surface area is 238 Å². The quantitative estimate of drug-likeness (QED) is 0.261. The molecule has 3 amide bonds. The van der Waals surface area contributed by atoms with E-state index in [1.165, 1.54) is 6.92 Å². The number of ether oxygens (including phenoxy) is 2. The molecule has 2 atom stereocenters. The Morgan fingerprint density at radius 1 is 0.976 bits per heavy atom. The van der Waals surface area contributed by atoms with Crippen molar-refractivity contribution in [3.63, 3.8) is 0 Å². The number of β-lactam (4-membered cyclic amide) rings is 1. The number of nitrogens with one attached hydrogen (secondary N) is 1. The minimum Gasteiger partial charge on any atom is -0.451 e. The molecule has 0 saturated carbocycles. The Morgan fingerprint density at radius 2 is 1.59 bits per heavy atom. The van der Waals surface area contributed by atoms with Gasteiger partial charge in [-0.1, -0.05) is 80.6 Å². The first kappa shape index (κ1) is 27.8. The second kappa shape index (κ2) is 11.4. The maximum Gasteiger partial charge on any atom is 0.414 e. The summed E-state index contributed by atoms with van der Waals surface area (Å²) >= 11 is 0. The largest absolute Gasteiger partial charge is 0.451 e. The van der Waals surface area contributed by atoms with Crippen LogP contribution in [0.25, 0.3) is 5.57 Å². The minimum atomic E-state index is -0.920. The molecule has 5 rings (SSSR count). The lowest BCUT2D eigenvalue weighted by atomic mass is 9.82. The maximum atomic E-state index is 13.9. The zero-order valence-corrected chi connectivity index (χ0v) is 23.1. The monoisotopic (exact) mass is 553 g/mol. The molecule has 9 nitrogen and oxygen atoms in total. The number of rotatable bonds is 7. The van der Waals surface area contributed by atoms with Crippen LogP contribution in [-0.4, -0.2) is 52.5 Å². The fourth-order valence-electron chi connectivity index (χ4n) is 5.66. The number of carbonyl (C=O) groups excluding carboxylic acids is 4. The number of pyridine rings is 1. The molecule has 2 fully saturated rings. The van der Waals surface area contributed by atoms with Crippen LogP contribution in [0.15, 0.2) is 90.6 Å². The molecule has 0 bridgehead atoms. The van der Waals surface area contributed by atoms with Crippen LogP contribution in [0.1, 0.15) is 50.1 Å². The van der Waals surface area contributed by atoms with Crippen molar-refractivity contribution < 1.29 is 28.7 Å². The molecule has 2 aliphatic rings. The van der Waals surface area contributed by atoms with E-state index in [9.17, 15) is 19.2 Å². The molecule has 1 N–H and O–H groups in total. The zero-order chi connectivity index (χ0) is 29.1. The predicted molar refractivity (Wildman–Crippen MR) is 150 cm³/mol. The molecule has 210 valence electrons. The van der Waals surface area contributed by atoms with Crippen molar-refractivity contribution in [3.05, 3.63) is 107 Å². The van der Waals surface area contributed by atoms with Gasteiger partial charge in [-0.3, -0.25) is 19.9 Å². The SMILES string of the molecule is CC(=O)NC(=O)OC/C(=C1\C(=O)N2C1CC(C)(C)[C@@H]2C(=O)OC(c1ccccc1)c1ccccc1)c1ccccn1. The number of esters is 1. The molecule has 0 aliphatic carbocycles. The predicted octanol–water partition coefficient (Wildman–Crippen LogP) is 4.45. The second-order valence-corrected chi connectivity index (χ2v) is 10.8. The summed E-state index contributed by atoms with van der Waals surface area (Å²) in [5.74, 6) is -1.38. The van der Waals surface area contributed by atoms with E-state index in [2.05, 4.69) is 10.3 Å². The summed E-state index contributed by atoms with van der Waals surface area (Å²) in [7, 11) is 0. The Balaban J connectivity index is 1.44. The van der Waals surface area contributed by atoms with Gasteiger partial charge in [0.1, 0.15) is 12.6 Å². The van der Waals surface area contributed by atoms with Crippen molar-refractivity contribution >= 4 is 29.5 Å². The summed E-state index contributed by atoms with van der Waals surface area (Å²) in [6, 6.07) is 23.0. The molecule has 2 aliphatic heterocycles. The normalized spacial score (nSPS) is 20.1. The number of nitrogens with zero attached hydrogens (tertiary/aromatic N) is 2. The van der Waals surface area contributed by atoms with Gasteiger partial charge in [0.05, 0.1) is 11.7 Å². The molecule has 1 aromatic heterocycles. The van der Waals surface area contributed by atoms with E-state index in [-0.39, 0.29) is 12.5 Å². The van der Waals surface area contributed by atoms with Crippen LogP contribution < -0.4 is 5.32 Å². The number of hydrogen-bond acceptors (Lipinski definition) is 7. The molecular weight excluding hydrogens is 522 g/mol. The van der Waals surface area contributed by atoms with Gasteiger partial charge in [-0.25, -0.2) is 9.59 Å². The van der Waals surface area contributed by atoms with E-state index in [4.69, 9.17) is 9.47 Å². The molecule has 0 spiro atoms. The number of amides is 3. The van der Waals surface area contributed by atoms with E-state index in [1.807, 2.05) is 74.5 Å². The zero-order valence-electron chi connectivity index (χ0n) is 23.1. The Hall–Kier alpha value is -4.79. The summed E-state index contributed by atoms with van der Waals surface area (Å²) < 4.78 is 11.4. The maximum absolute atomic E-state index is 13.9. The molecule has 2 saturated heterocycles. The Morgan fingerprint density at radius 3 is 2.15 bits per heavy atom. The molecule has 41 heavy (non-hydrogen) atoms. The molecule has 2 aromatic carbocycles. The number of aromatic nitrogens is 1. The van der Waals surface area contributed by atoms with Crippen molar-refractivity contribution in [2.75, 3.05) is 6.61 Å². The van der Waals surface area contributed by atoms with Gasteiger partial charge in [-0.15, -0.1) is 0 Å². The van der Waals surface area contributed by atoms with E-state index >= 15 is 0 Å². The number of fused-ring (bicyclic) bond motifs is 1. The summed E-state index contributed by atoms with van der Waals surface area (Å²) in [6.07, 6.45) is 0.531. The lowest BCUT2D eigenvalue weighted by Crippen LogP contribution is -2.58. The first-order chi connectivity index (χ1) is 19.7. The number of benzene rings is 2. The fourth-order valence-corrected chi connectivity index (χ4v) is 5.66. The summed E-state index contributed by atoms with van der Waals surface area (Å²) in [5, 5.41) is 2.06.